The molecule has 130 heavy (non-hydrogen) atoms. The van der Waals surface area contributed by atoms with Crippen LogP contribution in [0.2, 0.25) is 66.4 Å². The van der Waals surface area contributed by atoms with Gasteiger partial charge in [-0.3, -0.25) is 14.4 Å². The predicted octanol–water partition coefficient (Wildman–Crippen LogP) is 27.8. The van der Waals surface area contributed by atoms with E-state index in [1.807, 2.05) is 115 Å². The van der Waals surface area contributed by atoms with Crippen LogP contribution in [0, 0.1) is 0 Å². The average molecular weight is 2280 g/mol. The summed E-state index contributed by atoms with van der Waals surface area (Å²) >= 11 is 51.6. The van der Waals surface area contributed by atoms with Gasteiger partial charge < -0.3 is 39.1 Å². The second-order valence-corrected chi connectivity index (χ2v) is 50.6. The number of esters is 3. The monoisotopic (exact) mass is 2270 g/mol. The number of hydrogen-bond acceptors (Lipinski definition) is 13. The minimum absolute atomic E-state index is 0. The van der Waals surface area contributed by atoms with Crippen LogP contribution < -0.4 is 34.8 Å². The Morgan fingerprint density at radius 3 is 1.06 bits per heavy atom. The normalized spacial score (nSPS) is 11.7. The van der Waals surface area contributed by atoms with Gasteiger partial charge in [0.1, 0.15) is 6.29 Å². The molecule has 11 rings (SSSR count). The van der Waals surface area contributed by atoms with Crippen molar-refractivity contribution in [2.45, 2.75) is 191 Å². The summed E-state index contributed by atoms with van der Waals surface area (Å²) in [5, 5.41) is 16.6. The number of aliphatic hydroxyl groups excluding tert-OH is 1. The molecule has 0 amide bonds. The average Bonchev–Trinajstić information content (AvgIpc) is 0.871. The molecule has 0 spiro atoms. The third kappa shape index (κ3) is 52.4. The van der Waals surface area contributed by atoms with Gasteiger partial charge in [0.25, 0.3) is 0 Å². The smallest absolute Gasteiger partial charge is 1.00 e. The maximum absolute atomic E-state index is 12.3. The fraction of sp³-hybridized carbons (Fsp3) is 0.386. The summed E-state index contributed by atoms with van der Waals surface area (Å²) in [5.41, 5.74) is 6.76. The zero-order valence-electron chi connectivity index (χ0n) is 77.6. The van der Waals surface area contributed by atoms with Gasteiger partial charge in [-0.15, -0.1) is 0 Å². The Labute approximate surface area is 870 Å². The largest absolute Gasteiger partial charge is 1.00 e. The molecule has 29 heteroatoms. The van der Waals surface area contributed by atoms with Crippen LogP contribution in [0.15, 0.2) is 229 Å². The minimum Gasteiger partial charge on any atom is -1.00 e. The number of aliphatic hydroxyl groups is 1. The first-order chi connectivity index (χ1) is 59.7. The molecule has 2 fully saturated rings. The van der Waals surface area contributed by atoms with E-state index in [9.17, 15) is 24.0 Å². The van der Waals surface area contributed by atoms with Crippen LogP contribution >= 0.6 is 156 Å². The predicted molar refractivity (Wildman–Crippen MR) is 579 cm³/mol. The summed E-state index contributed by atoms with van der Waals surface area (Å²) in [6.45, 7) is 28.5. The molecule has 0 unspecified atom stereocenters. The second kappa shape index (κ2) is 73.1. The van der Waals surface area contributed by atoms with Gasteiger partial charge >= 0.3 is 36.8 Å². The van der Waals surface area contributed by atoms with E-state index in [4.69, 9.17) is 99.1 Å². The molecular formula is C101H135BBr5Cl6LiO13PSi2. The van der Waals surface area contributed by atoms with Crippen LogP contribution in [-0.4, -0.2) is 134 Å². The summed E-state index contributed by atoms with van der Waals surface area (Å²) < 4.78 is 47.0. The molecule has 711 valence electrons. The second-order valence-electron chi connectivity index (χ2n) is 30.8. The molecule has 0 atom stereocenters. The van der Waals surface area contributed by atoms with Crippen molar-refractivity contribution in [3.8, 4) is 0 Å². The van der Waals surface area contributed by atoms with Crippen LogP contribution in [0.25, 0.3) is 6.08 Å². The van der Waals surface area contributed by atoms with E-state index < -0.39 is 23.5 Å². The zero-order chi connectivity index (χ0) is 94.3. The molecule has 0 aromatic heterocycles. The number of aldehydes is 2. The molecule has 0 aliphatic carbocycles. The van der Waals surface area contributed by atoms with Crippen LogP contribution in [0.1, 0.15) is 180 Å². The number of carbonyl (C=O) groups is 5. The fourth-order valence-electron chi connectivity index (χ4n) is 10.6. The maximum Gasteiger partial charge on any atom is 1.00 e. The molecule has 9 aromatic rings. The Morgan fingerprint density at radius 1 is 0.454 bits per heavy atom. The number of hydrogen-bond donors (Lipinski definition) is 1. The molecule has 2 aliphatic heterocycles. The first-order valence-corrected chi connectivity index (χ1v) is 54.7. The van der Waals surface area contributed by atoms with Crippen LogP contribution in [0.4, 0.5) is 0 Å². The van der Waals surface area contributed by atoms with Crippen LogP contribution in [-0.2, 0) is 72.6 Å². The molecule has 2 saturated heterocycles. The van der Waals surface area contributed by atoms with Gasteiger partial charge in [-0.2, -0.15) is 0 Å². The molecule has 2 heterocycles. The van der Waals surface area contributed by atoms with Crippen molar-refractivity contribution in [3.05, 3.63) is 298 Å². The number of carbonyl (C=O) groups excluding carboxylic acids is 5. The van der Waals surface area contributed by atoms with Gasteiger partial charge in [0.05, 0.1) is 21.3 Å². The molecular weight excluding hydrogens is 2140 g/mol. The maximum atomic E-state index is 12.3. The van der Waals surface area contributed by atoms with Crippen molar-refractivity contribution in [1.82, 2.24) is 0 Å². The molecule has 13 nitrogen and oxygen atoms in total. The molecule has 0 bridgehead atoms. The van der Waals surface area contributed by atoms with Crippen molar-refractivity contribution < 1.29 is 83.3 Å². The van der Waals surface area contributed by atoms with Gasteiger partial charge in [-0.05, 0) is 242 Å². The van der Waals surface area contributed by atoms with Crippen molar-refractivity contribution in [2.24, 2.45) is 0 Å². The molecule has 0 saturated carbocycles. The van der Waals surface area contributed by atoms with Crippen molar-refractivity contribution in [1.29, 1.82) is 0 Å². The Balaban J connectivity index is -0.000000466. The van der Waals surface area contributed by atoms with E-state index >= 15 is 0 Å². The zero-order valence-corrected chi connectivity index (χ0v) is 91.0. The van der Waals surface area contributed by atoms with Gasteiger partial charge in [0.2, 0.25) is 0 Å². The van der Waals surface area contributed by atoms with Gasteiger partial charge in [-0.1, -0.05) is 348 Å². The minimum atomic E-state index is -2.23. The standard InChI is InChI=1S/C21H19O2P.C16H25ClO2Si.C15H24BrClOSi.C10H10BrClO2.C10H8BrClO2.C9H10BrClO.C7H4BrClO.2C4H8O.C2H6.3CH4.B.Li.H/c1-23-21(22)17-24(18-11-5-2-6-12-18,19-13-7-3-8-14-19)20-15-9-4-10-16-20;1-16(2,3)20(4,5)19-10-6-7-13-8-9-15(17)11-14(13)12-18;1-15(2,3)19(4,5)18-10-6-7-12-8-9-13(17)11-14(12)16;2*1-14-10(13)5-3-7-2-4-8(12)6-9(7)11;10-9-6-8(11)4-3-7(9)2-1-5-12;8-7-3-6(9)2-1-5(7)4-10;2*1-2-4-5-3-1;1-2;;;;;;/h2-17H,1H3;8-9,11-12H,6-7,10H2,1-5H3;8-9,11H,6-7,10H2,1-5H3;2,4,6H,3,5H2,1H3;2-6H,1H3;3-4,6,12H,1-2,5H2;1-4H;2*1-4H2;1-2H3;3*1H4;;;/q;;;;;;;;;;;;;;+1;-1/b;;;;5-3+;;;;;;;;;;;/i;;;;;;;;;1D;;;;;;. The summed E-state index contributed by atoms with van der Waals surface area (Å²) in [6, 6.07) is 63.6. The van der Waals surface area contributed by atoms with Crippen molar-refractivity contribution in [2.75, 3.05) is 67.6 Å². The van der Waals surface area contributed by atoms with Gasteiger partial charge in [-0.25, -0.2) is 9.59 Å². The SMILES string of the molecule is C.C.C.C1CCOC1.C1CCOC1.CC(C)(C)[Si](C)(C)OCCCc1ccc(Cl)cc1Br.CC(C)(C)[Si](C)(C)OCCCc1ccc(Cl)cc1C=O.COC(=O)/C=C/c1ccc(Cl)cc1Br.COC(=O)C=P(c1ccccc1)(c1ccccc1)c1ccccc1.COC(=O)CCc1ccc(Cl)cc1Br.O=Cc1ccc(Cl)cc1Br.OCCCc1ccc(Cl)cc1Br.[2H]CC.[B].[H-].[Li+]. The molecule has 9 aromatic carbocycles. The quantitative estimate of drug-likeness (QED) is 0.0115. The first-order valence-electron chi connectivity index (χ1n) is 41.5. The summed E-state index contributed by atoms with van der Waals surface area (Å²) in [6.07, 6.45) is 16.3. The van der Waals surface area contributed by atoms with E-state index in [1.54, 1.807) is 61.3 Å². The fourth-order valence-corrected chi connectivity index (χ4v) is 20.9. The summed E-state index contributed by atoms with van der Waals surface area (Å²) in [5.74, 6) is 0.881. The van der Waals surface area contributed by atoms with Gasteiger partial charge in [0, 0.05) is 138 Å². The number of benzene rings is 9. The van der Waals surface area contributed by atoms with E-state index in [2.05, 4.69) is 199 Å². The van der Waals surface area contributed by atoms with E-state index in [0.717, 1.165) is 156 Å². The summed E-state index contributed by atoms with van der Waals surface area (Å²) in [7, 11) is 0.887. The van der Waals surface area contributed by atoms with Crippen molar-refractivity contribution in [3.63, 3.8) is 0 Å². The molecule has 1 N–H and O–H groups in total. The van der Waals surface area contributed by atoms with E-state index in [0.29, 0.717) is 51.0 Å². The Hall–Kier alpha value is -4.19. The van der Waals surface area contributed by atoms with Crippen molar-refractivity contribution >= 4 is 239 Å². The number of aryl methyl sites for hydroxylation is 4. The van der Waals surface area contributed by atoms with E-state index in [-0.39, 0.29) is 85.6 Å². The number of rotatable bonds is 24. The van der Waals surface area contributed by atoms with Gasteiger partial charge in [0.15, 0.2) is 22.9 Å². The number of ether oxygens (including phenoxy) is 5. The third-order valence-electron chi connectivity index (χ3n) is 19.7. The van der Waals surface area contributed by atoms with E-state index in [1.165, 1.54) is 64.2 Å². The topological polar surface area (TPSA) is 170 Å². The Kier molecular flexibility index (Phi) is 73.0. The number of halogens is 11. The number of methoxy groups -OCH3 is 3. The molecule has 3 radical (unpaired) electrons. The van der Waals surface area contributed by atoms with Crippen LogP contribution in [0.5, 0.6) is 0 Å². The Morgan fingerprint density at radius 2 is 0.762 bits per heavy atom. The molecule has 2 aliphatic rings. The Bertz CT molecular complexity index is 4670. The van der Waals surface area contributed by atoms with Crippen LogP contribution in [0.3, 0.4) is 0 Å². The first kappa shape index (κ1) is 130. The third-order valence-corrected chi connectivity index (χ3v) is 37.7. The summed E-state index contributed by atoms with van der Waals surface area (Å²) in [4.78, 5) is 55.3.